The van der Waals surface area contributed by atoms with E-state index in [4.69, 9.17) is 27.9 Å². The van der Waals surface area contributed by atoms with Gasteiger partial charge in [-0.25, -0.2) is 16.8 Å². The number of hydrogen-bond donors (Lipinski definition) is 2. The second-order valence-electron chi connectivity index (χ2n) is 10.5. The summed E-state index contributed by atoms with van der Waals surface area (Å²) in [5.74, 6) is -0.330. The number of aliphatic hydroxyl groups excluding tert-OH is 1. The van der Waals surface area contributed by atoms with Crippen LogP contribution in [0.15, 0.2) is 76.5 Å². The average Bonchev–Trinajstić information content (AvgIpc) is 3.00. The lowest BCUT2D eigenvalue weighted by atomic mass is 10.0. The molecule has 3 aromatic carbocycles. The Labute approximate surface area is 262 Å². The van der Waals surface area contributed by atoms with E-state index >= 15 is 0 Å². The molecule has 1 heterocycles. The van der Waals surface area contributed by atoms with Crippen molar-refractivity contribution in [2.75, 3.05) is 31.5 Å². The Morgan fingerprint density at radius 3 is 2.16 bits per heavy atom. The highest BCUT2D eigenvalue weighted by atomic mass is 35.5. The maximum absolute atomic E-state index is 13.5. The molecule has 0 bridgehead atoms. The van der Waals surface area contributed by atoms with Gasteiger partial charge in [0.15, 0.2) is 0 Å². The number of aliphatic hydroxyl groups is 1. The zero-order chi connectivity index (χ0) is 31.5. The van der Waals surface area contributed by atoms with E-state index in [1.54, 1.807) is 13.0 Å². The highest BCUT2D eigenvalue weighted by molar-refractivity contribution is 7.92. The van der Waals surface area contributed by atoms with Gasteiger partial charge < -0.3 is 14.7 Å². The Balaban J connectivity index is 1.68. The van der Waals surface area contributed by atoms with Gasteiger partial charge >= 0.3 is 0 Å². The first-order valence-corrected chi connectivity index (χ1v) is 17.1. The van der Waals surface area contributed by atoms with Crippen LogP contribution in [0.4, 0.5) is 5.69 Å². The molecule has 4 rings (SSSR count). The molecular formula is C29H33Cl2N3O7S2. The predicted molar refractivity (Wildman–Crippen MR) is 166 cm³/mol. The van der Waals surface area contributed by atoms with E-state index in [1.165, 1.54) is 76.9 Å². The van der Waals surface area contributed by atoms with Crippen molar-refractivity contribution in [3.63, 3.8) is 0 Å². The molecule has 0 radical (unpaired) electrons. The van der Waals surface area contributed by atoms with Crippen LogP contribution in [-0.4, -0.2) is 75.9 Å². The summed E-state index contributed by atoms with van der Waals surface area (Å²) in [4.78, 5) is 15.1. The summed E-state index contributed by atoms with van der Waals surface area (Å²) in [6.07, 6.45) is -0.837. The average molecular weight is 671 g/mol. The molecule has 3 aromatic rings. The van der Waals surface area contributed by atoms with E-state index in [1.807, 2.05) is 6.92 Å². The minimum Gasteiger partial charge on any atom is -0.488 e. The molecule has 2 N–H and O–H groups in total. The summed E-state index contributed by atoms with van der Waals surface area (Å²) in [5.41, 5.74) is 0.608. The van der Waals surface area contributed by atoms with Gasteiger partial charge in [0.1, 0.15) is 11.9 Å². The first-order valence-electron chi connectivity index (χ1n) is 13.4. The summed E-state index contributed by atoms with van der Waals surface area (Å²) in [6, 6.07) is 15.6. The molecule has 0 saturated carbocycles. The number of halogens is 2. The van der Waals surface area contributed by atoms with Crippen LogP contribution in [0.3, 0.4) is 0 Å². The van der Waals surface area contributed by atoms with Crippen molar-refractivity contribution in [2.45, 2.75) is 42.2 Å². The Morgan fingerprint density at radius 2 is 1.58 bits per heavy atom. The highest BCUT2D eigenvalue weighted by Crippen LogP contribution is 2.31. The second kappa shape index (κ2) is 13.4. The van der Waals surface area contributed by atoms with Crippen LogP contribution in [0.2, 0.25) is 10.0 Å². The lowest BCUT2D eigenvalue weighted by Crippen LogP contribution is -2.48. The van der Waals surface area contributed by atoms with Crippen molar-refractivity contribution in [3.05, 3.63) is 82.3 Å². The van der Waals surface area contributed by atoms with Gasteiger partial charge in [0.2, 0.25) is 15.9 Å². The first kappa shape index (κ1) is 33.0. The number of nitrogens with zero attached hydrogens (tertiary/aromatic N) is 2. The molecule has 14 heteroatoms. The van der Waals surface area contributed by atoms with Crippen LogP contribution in [0.1, 0.15) is 19.4 Å². The molecule has 10 nitrogen and oxygen atoms in total. The van der Waals surface area contributed by atoms with Crippen LogP contribution in [0, 0.1) is 5.92 Å². The van der Waals surface area contributed by atoms with E-state index in [0.29, 0.717) is 21.4 Å². The second-order valence-corrected chi connectivity index (χ2v) is 15.1. The van der Waals surface area contributed by atoms with Gasteiger partial charge in [0.25, 0.3) is 10.0 Å². The lowest BCUT2D eigenvalue weighted by molar-refractivity contribution is -0.134. The number of fused-ring (bicyclic) bond motifs is 1. The van der Waals surface area contributed by atoms with Crippen molar-refractivity contribution in [3.8, 4) is 5.75 Å². The van der Waals surface area contributed by atoms with E-state index in [-0.39, 0.29) is 53.4 Å². The SMILES string of the molecule is C[C@H]1CN([C@@H](C)CO)C(=O)Cc2cc(NS(=O)(=O)c3ccc(Cl)cc3)ccc2O[C@@H]1CN(C)S(=O)(=O)c1ccc(Cl)cc1. The summed E-state index contributed by atoms with van der Waals surface area (Å²) in [6.45, 7) is 3.43. The van der Waals surface area contributed by atoms with Crippen LogP contribution < -0.4 is 9.46 Å². The number of ether oxygens (including phenoxy) is 1. The van der Waals surface area contributed by atoms with Crippen LogP contribution in [0.25, 0.3) is 0 Å². The number of carbonyl (C=O) groups is 1. The molecular weight excluding hydrogens is 637 g/mol. The number of sulfonamides is 2. The van der Waals surface area contributed by atoms with Gasteiger partial charge in [-0.05, 0) is 73.7 Å². The number of amides is 1. The lowest BCUT2D eigenvalue weighted by Gasteiger charge is -2.33. The molecule has 0 saturated heterocycles. The fourth-order valence-electron chi connectivity index (χ4n) is 4.68. The Morgan fingerprint density at radius 1 is 1.00 bits per heavy atom. The molecule has 0 aliphatic carbocycles. The number of carbonyl (C=O) groups excluding carboxylic acids is 1. The summed E-state index contributed by atoms with van der Waals surface area (Å²) in [5, 5.41) is 10.7. The Bertz CT molecular complexity index is 1670. The van der Waals surface area contributed by atoms with Gasteiger partial charge in [-0.1, -0.05) is 30.1 Å². The zero-order valence-corrected chi connectivity index (χ0v) is 26.9. The van der Waals surface area contributed by atoms with Gasteiger partial charge in [-0.2, -0.15) is 4.31 Å². The van der Waals surface area contributed by atoms with Crippen molar-refractivity contribution in [2.24, 2.45) is 5.92 Å². The molecule has 0 unspecified atom stereocenters. The molecule has 0 spiro atoms. The van der Waals surface area contributed by atoms with E-state index < -0.39 is 32.2 Å². The molecule has 232 valence electrons. The monoisotopic (exact) mass is 669 g/mol. The van der Waals surface area contributed by atoms with E-state index in [2.05, 4.69) is 4.72 Å². The molecule has 0 aromatic heterocycles. The fraction of sp³-hybridized carbons (Fsp3) is 0.345. The fourth-order valence-corrected chi connectivity index (χ4v) is 7.16. The number of nitrogens with one attached hydrogen (secondary N) is 1. The van der Waals surface area contributed by atoms with Crippen molar-refractivity contribution in [1.29, 1.82) is 0 Å². The number of hydrogen-bond acceptors (Lipinski definition) is 7. The highest BCUT2D eigenvalue weighted by Gasteiger charge is 2.33. The van der Waals surface area contributed by atoms with Gasteiger partial charge in [-0.3, -0.25) is 9.52 Å². The number of rotatable bonds is 9. The number of likely N-dealkylation sites (N-methyl/N-ethyl adjacent to an activating group) is 1. The molecule has 1 amide bonds. The summed E-state index contributed by atoms with van der Waals surface area (Å²) >= 11 is 11.8. The molecule has 1 aliphatic heterocycles. The topological polar surface area (TPSA) is 133 Å². The van der Waals surface area contributed by atoms with Gasteiger partial charge in [0.05, 0.1) is 35.4 Å². The standard InChI is InChI=1S/C29H33Cl2N3O7S2/c1-19-16-34(20(2)18-35)29(36)15-21-14-24(32-42(37,38)25-9-4-22(30)5-10-25)8-13-27(21)41-28(19)17-33(3)43(39,40)26-11-6-23(31)7-12-26/h4-14,19-20,28,32,35H,15-18H2,1-3H3/t19-,20-,28+/m0/s1. The van der Waals surface area contributed by atoms with Crippen LogP contribution >= 0.6 is 23.2 Å². The third-order valence-corrected chi connectivity index (χ3v) is 11.0. The first-order chi connectivity index (χ1) is 20.2. The maximum atomic E-state index is 13.5. The van der Waals surface area contributed by atoms with Crippen molar-refractivity contribution in [1.82, 2.24) is 9.21 Å². The zero-order valence-electron chi connectivity index (χ0n) is 23.8. The molecule has 3 atom stereocenters. The number of benzene rings is 3. The minimum atomic E-state index is -3.96. The van der Waals surface area contributed by atoms with Crippen molar-refractivity contribution >= 4 is 54.8 Å². The minimum absolute atomic E-state index is 0.00883. The quantitative estimate of drug-likeness (QED) is 0.348. The van der Waals surface area contributed by atoms with E-state index in [9.17, 15) is 26.7 Å². The van der Waals surface area contributed by atoms with Crippen LogP contribution in [-0.2, 0) is 31.3 Å². The van der Waals surface area contributed by atoms with Gasteiger partial charge in [0, 0.05) is 40.8 Å². The normalized spacial score (nSPS) is 18.7. The van der Waals surface area contributed by atoms with Gasteiger partial charge in [-0.15, -0.1) is 0 Å². The smallest absolute Gasteiger partial charge is 0.261 e. The molecule has 0 fully saturated rings. The van der Waals surface area contributed by atoms with E-state index in [0.717, 1.165) is 0 Å². The largest absolute Gasteiger partial charge is 0.488 e. The summed E-state index contributed by atoms with van der Waals surface area (Å²) in [7, 11) is -6.41. The molecule has 1 aliphatic rings. The third-order valence-electron chi connectivity index (χ3n) is 7.25. The summed E-state index contributed by atoms with van der Waals surface area (Å²) < 4.78 is 62.7. The Hall–Kier alpha value is -2.87. The number of anilines is 1. The van der Waals surface area contributed by atoms with Crippen molar-refractivity contribution < 1.29 is 31.5 Å². The maximum Gasteiger partial charge on any atom is 0.261 e. The molecule has 43 heavy (non-hydrogen) atoms. The predicted octanol–water partition coefficient (Wildman–Crippen LogP) is 4.26. The Kier molecular flexibility index (Phi) is 10.3. The third kappa shape index (κ3) is 7.81. The van der Waals surface area contributed by atoms with Crippen LogP contribution in [0.5, 0.6) is 5.75 Å².